The molecule has 0 saturated heterocycles. The standard InChI is InChI=1S/C17H13F3IN5/c18-17(19,20)10-1-5-12(6-2-10)25-15-14(22)16(24-9-23-15)26-13-7-3-11(21)4-8-13/h1-9H,22H2,(H2,23,24,25,26). The van der Waals surface area contributed by atoms with Crippen LogP contribution >= 0.6 is 22.6 Å². The highest BCUT2D eigenvalue weighted by Crippen LogP contribution is 2.32. The molecule has 26 heavy (non-hydrogen) atoms. The summed E-state index contributed by atoms with van der Waals surface area (Å²) < 4.78 is 39.0. The van der Waals surface area contributed by atoms with Crippen LogP contribution in [0.3, 0.4) is 0 Å². The smallest absolute Gasteiger partial charge is 0.393 e. The first-order valence-corrected chi connectivity index (χ1v) is 8.48. The quantitative estimate of drug-likeness (QED) is 0.458. The predicted octanol–water partition coefficient (Wildman–Crippen LogP) is 5.17. The highest BCUT2D eigenvalue weighted by atomic mass is 127. The van der Waals surface area contributed by atoms with Crippen molar-refractivity contribution in [2.45, 2.75) is 6.18 Å². The zero-order valence-electron chi connectivity index (χ0n) is 13.2. The summed E-state index contributed by atoms with van der Waals surface area (Å²) in [4.78, 5) is 8.16. The molecule has 0 aliphatic rings. The minimum atomic E-state index is -4.38. The molecule has 0 atom stereocenters. The van der Waals surface area contributed by atoms with Gasteiger partial charge < -0.3 is 16.4 Å². The third-order valence-corrected chi connectivity index (χ3v) is 4.19. The van der Waals surface area contributed by atoms with Gasteiger partial charge in [0.15, 0.2) is 11.6 Å². The van der Waals surface area contributed by atoms with Crippen LogP contribution in [0.2, 0.25) is 0 Å². The third-order valence-electron chi connectivity index (χ3n) is 3.47. The van der Waals surface area contributed by atoms with Crippen molar-refractivity contribution in [1.82, 2.24) is 9.97 Å². The van der Waals surface area contributed by atoms with E-state index in [1.807, 2.05) is 24.3 Å². The highest BCUT2D eigenvalue weighted by molar-refractivity contribution is 14.1. The van der Waals surface area contributed by atoms with Crippen LogP contribution in [-0.2, 0) is 6.18 Å². The number of nitrogens with zero attached hydrogens (tertiary/aromatic N) is 2. The van der Waals surface area contributed by atoms with E-state index in [-0.39, 0.29) is 5.69 Å². The second-order valence-corrected chi connectivity index (χ2v) is 6.56. The number of rotatable bonds is 4. The third kappa shape index (κ3) is 4.34. The Balaban J connectivity index is 1.79. The molecule has 0 aliphatic heterocycles. The van der Waals surface area contributed by atoms with Crippen molar-refractivity contribution < 1.29 is 13.2 Å². The SMILES string of the molecule is Nc1c(Nc2ccc(I)cc2)ncnc1Nc1ccc(C(F)(F)F)cc1. The molecular formula is C17H13F3IN5. The number of nitrogens with one attached hydrogen (secondary N) is 2. The summed E-state index contributed by atoms with van der Waals surface area (Å²) in [6, 6.07) is 12.2. The van der Waals surface area contributed by atoms with E-state index in [2.05, 4.69) is 43.2 Å². The number of alkyl halides is 3. The number of nitrogen functional groups attached to an aromatic ring is 1. The molecular weight excluding hydrogens is 458 g/mol. The molecule has 0 bridgehead atoms. The van der Waals surface area contributed by atoms with Gasteiger partial charge in [-0.3, -0.25) is 0 Å². The van der Waals surface area contributed by atoms with Crippen molar-refractivity contribution in [3.63, 3.8) is 0 Å². The van der Waals surface area contributed by atoms with E-state index in [1.165, 1.54) is 18.5 Å². The number of benzene rings is 2. The molecule has 0 spiro atoms. The molecule has 4 N–H and O–H groups in total. The Morgan fingerprint density at radius 1 is 0.808 bits per heavy atom. The van der Waals surface area contributed by atoms with Gasteiger partial charge in [0.2, 0.25) is 0 Å². The topological polar surface area (TPSA) is 75.9 Å². The minimum absolute atomic E-state index is 0.256. The molecule has 0 aliphatic carbocycles. The average molecular weight is 471 g/mol. The van der Waals surface area contributed by atoms with Crippen LogP contribution in [0.4, 0.5) is 41.9 Å². The van der Waals surface area contributed by atoms with E-state index in [4.69, 9.17) is 5.73 Å². The van der Waals surface area contributed by atoms with Gasteiger partial charge in [-0.05, 0) is 71.1 Å². The van der Waals surface area contributed by atoms with Crippen LogP contribution in [0.25, 0.3) is 0 Å². The molecule has 2 aromatic carbocycles. The molecule has 0 amide bonds. The summed E-state index contributed by atoms with van der Waals surface area (Å²) in [5.41, 5.74) is 6.85. The Bertz CT molecular complexity index is 896. The first-order valence-electron chi connectivity index (χ1n) is 7.40. The summed E-state index contributed by atoms with van der Waals surface area (Å²) in [7, 11) is 0. The molecule has 3 aromatic rings. The Kier molecular flexibility index (Phi) is 5.16. The normalized spacial score (nSPS) is 11.2. The lowest BCUT2D eigenvalue weighted by Crippen LogP contribution is -2.06. The van der Waals surface area contributed by atoms with Gasteiger partial charge in [-0.15, -0.1) is 0 Å². The van der Waals surface area contributed by atoms with Gasteiger partial charge in [0.1, 0.15) is 12.0 Å². The van der Waals surface area contributed by atoms with Crippen LogP contribution < -0.4 is 16.4 Å². The number of aromatic nitrogens is 2. The van der Waals surface area contributed by atoms with Crippen molar-refractivity contribution in [2.24, 2.45) is 0 Å². The van der Waals surface area contributed by atoms with Gasteiger partial charge in [0, 0.05) is 14.9 Å². The van der Waals surface area contributed by atoms with E-state index in [0.717, 1.165) is 21.4 Å². The van der Waals surface area contributed by atoms with Crippen molar-refractivity contribution in [1.29, 1.82) is 0 Å². The maximum Gasteiger partial charge on any atom is 0.416 e. The lowest BCUT2D eigenvalue weighted by Gasteiger charge is -2.13. The molecule has 3 rings (SSSR count). The number of nitrogens with two attached hydrogens (primary N) is 1. The largest absolute Gasteiger partial charge is 0.416 e. The maximum absolute atomic E-state index is 12.6. The average Bonchev–Trinajstić information content (AvgIpc) is 2.60. The van der Waals surface area contributed by atoms with Gasteiger partial charge in [0.05, 0.1) is 5.56 Å². The fourth-order valence-corrected chi connectivity index (χ4v) is 2.50. The molecule has 0 saturated carbocycles. The number of hydrogen-bond donors (Lipinski definition) is 3. The number of hydrogen-bond acceptors (Lipinski definition) is 5. The molecule has 0 radical (unpaired) electrons. The van der Waals surface area contributed by atoms with Gasteiger partial charge in [0.25, 0.3) is 0 Å². The lowest BCUT2D eigenvalue weighted by molar-refractivity contribution is -0.137. The molecule has 0 unspecified atom stereocenters. The Hall–Kier alpha value is -2.56. The highest BCUT2D eigenvalue weighted by Gasteiger charge is 2.29. The van der Waals surface area contributed by atoms with E-state index < -0.39 is 11.7 Å². The molecule has 0 fully saturated rings. The van der Waals surface area contributed by atoms with Crippen molar-refractivity contribution in [3.8, 4) is 0 Å². The van der Waals surface area contributed by atoms with Crippen molar-refractivity contribution in [2.75, 3.05) is 16.4 Å². The fourth-order valence-electron chi connectivity index (χ4n) is 2.14. The summed E-state index contributed by atoms with van der Waals surface area (Å²) in [5.74, 6) is 0.698. The van der Waals surface area contributed by atoms with Crippen molar-refractivity contribution in [3.05, 3.63) is 64.0 Å². The first kappa shape index (κ1) is 18.2. The number of halogens is 4. The van der Waals surface area contributed by atoms with Gasteiger partial charge in [-0.25, -0.2) is 9.97 Å². The summed E-state index contributed by atoms with van der Waals surface area (Å²) in [6.45, 7) is 0. The van der Waals surface area contributed by atoms with Crippen molar-refractivity contribution >= 4 is 51.3 Å². The van der Waals surface area contributed by atoms with Crippen LogP contribution in [0, 0.1) is 3.57 Å². The minimum Gasteiger partial charge on any atom is -0.393 e. The van der Waals surface area contributed by atoms with Crippen LogP contribution in [0.5, 0.6) is 0 Å². The second-order valence-electron chi connectivity index (χ2n) is 5.32. The van der Waals surface area contributed by atoms with E-state index in [9.17, 15) is 13.2 Å². The van der Waals surface area contributed by atoms with Gasteiger partial charge >= 0.3 is 6.18 Å². The predicted molar refractivity (Wildman–Crippen MR) is 104 cm³/mol. The first-order chi connectivity index (χ1) is 12.3. The molecule has 9 heteroatoms. The fraction of sp³-hybridized carbons (Fsp3) is 0.0588. The van der Waals surface area contributed by atoms with Gasteiger partial charge in [-0.2, -0.15) is 13.2 Å². The Morgan fingerprint density at radius 3 is 1.73 bits per heavy atom. The monoisotopic (exact) mass is 471 g/mol. The van der Waals surface area contributed by atoms with Crippen LogP contribution in [0.15, 0.2) is 54.9 Å². The molecule has 1 aromatic heterocycles. The summed E-state index contributed by atoms with van der Waals surface area (Å²) in [6.07, 6.45) is -3.06. The van der Waals surface area contributed by atoms with E-state index >= 15 is 0 Å². The second kappa shape index (κ2) is 7.36. The van der Waals surface area contributed by atoms with Gasteiger partial charge in [-0.1, -0.05) is 0 Å². The zero-order valence-corrected chi connectivity index (χ0v) is 15.3. The van der Waals surface area contributed by atoms with E-state index in [1.54, 1.807) is 0 Å². The Morgan fingerprint density at radius 2 is 1.27 bits per heavy atom. The lowest BCUT2D eigenvalue weighted by atomic mass is 10.2. The number of anilines is 5. The van der Waals surface area contributed by atoms with Crippen LogP contribution in [-0.4, -0.2) is 9.97 Å². The Labute approximate surface area is 161 Å². The van der Waals surface area contributed by atoms with Crippen LogP contribution in [0.1, 0.15) is 5.56 Å². The molecule has 1 heterocycles. The molecule has 134 valence electrons. The van der Waals surface area contributed by atoms with E-state index in [0.29, 0.717) is 17.3 Å². The molecule has 5 nitrogen and oxygen atoms in total. The zero-order chi connectivity index (χ0) is 18.7. The summed E-state index contributed by atoms with van der Waals surface area (Å²) >= 11 is 2.20. The maximum atomic E-state index is 12.6. The summed E-state index contributed by atoms with van der Waals surface area (Å²) in [5, 5.41) is 5.99.